The maximum atomic E-state index is 12.4. The summed E-state index contributed by atoms with van der Waals surface area (Å²) in [6.07, 6.45) is 1.21. The molecular weight excluding hydrogens is 322 g/mol. The molecular formula is C14H17N3O5S. The van der Waals surface area contributed by atoms with Crippen molar-refractivity contribution in [1.82, 2.24) is 9.55 Å². The molecule has 2 N–H and O–H groups in total. The first-order valence-corrected chi connectivity index (χ1v) is 8.26. The predicted octanol–water partition coefficient (Wildman–Crippen LogP) is 0.386. The molecule has 23 heavy (non-hydrogen) atoms. The van der Waals surface area contributed by atoms with Crippen LogP contribution >= 0.6 is 0 Å². The number of benzene rings is 1. The number of carbonyl (C=O) groups excluding carboxylic acids is 1. The van der Waals surface area contributed by atoms with Crippen molar-refractivity contribution in [2.24, 2.45) is 5.14 Å². The van der Waals surface area contributed by atoms with Crippen LogP contribution in [0.15, 0.2) is 34.2 Å². The van der Waals surface area contributed by atoms with Crippen LogP contribution in [0, 0.1) is 0 Å². The lowest BCUT2D eigenvalue weighted by atomic mass is 10.2. The van der Waals surface area contributed by atoms with E-state index in [1.54, 1.807) is 20.8 Å². The third-order valence-electron chi connectivity index (χ3n) is 2.84. The molecule has 0 saturated carbocycles. The molecule has 0 spiro atoms. The number of esters is 1. The molecule has 0 aliphatic carbocycles. The summed E-state index contributed by atoms with van der Waals surface area (Å²) in [5, 5.41) is 5.11. The van der Waals surface area contributed by atoms with Crippen molar-refractivity contribution >= 4 is 26.9 Å². The summed E-state index contributed by atoms with van der Waals surface area (Å²) >= 11 is 0. The van der Waals surface area contributed by atoms with Gasteiger partial charge >= 0.3 is 5.97 Å². The van der Waals surface area contributed by atoms with Crippen LogP contribution < -0.4 is 10.7 Å². The number of ether oxygens (including phenoxy) is 1. The molecule has 2 aromatic rings. The van der Waals surface area contributed by atoms with E-state index in [9.17, 15) is 18.0 Å². The van der Waals surface area contributed by atoms with Gasteiger partial charge in [-0.05, 0) is 39.0 Å². The van der Waals surface area contributed by atoms with Crippen molar-refractivity contribution in [3.8, 4) is 0 Å². The number of rotatable bonds is 3. The second-order valence-corrected chi connectivity index (χ2v) is 7.55. The summed E-state index contributed by atoms with van der Waals surface area (Å²) < 4.78 is 29.0. The molecule has 1 aromatic heterocycles. The van der Waals surface area contributed by atoms with E-state index in [0.29, 0.717) is 5.52 Å². The van der Waals surface area contributed by atoms with Crippen LogP contribution in [0.4, 0.5) is 0 Å². The van der Waals surface area contributed by atoms with Crippen molar-refractivity contribution < 1.29 is 17.9 Å². The fourth-order valence-corrected chi connectivity index (χ4v) is 2.48. The average Bonchev–Trinajstić information content (AvgIpc) is 2.38. The second-order valence-electron chi connectivity index (χ2n) is 5.99. The van der Waals surface area contributed by atoms with E-state index in [1.165, 1.54) is 18.5 Å². The maximum Gasteiger partial charge on any atom is 0.326 e. The van der Waals surface area contributed by atoms with E-state index in [1.807, 2.05) is 0 Å². The molecule has 0 aliphatic rings. The normalized spacial score (nSPS) is 12.3. The Morgan fingerprint density at radius 1 is 1.35 bits per heavy atom. The quantitative estimate of drug-likeness (QED) is 0.807. The van der Waals surface area contributed by atoms with Crippen molar-refractivity contribution in [3.05, 3.63) is 34.9 Å². The van der Waals surface area contributed by atoms with Crippen LogP contribution in [0.25, 0.3) is 10.9 Å². The van der Waals surface area contributed by atoms with Crippen LogP contribution in [-0.4, -0.2) is 29.5 Å². The number of sulfonamides is 1. The average molecular weight is 339 g/mol. The summed E-state index contributed by atoms with van der Waals surface area (Å²) in [5.41, 5.74) is -0.916. The first-order chi connectivity index (χ1) is 10.5. The zero-order valence-corrected chi connectivity index (χ0v) is 13.8. The van der Waals surface area contributed by atoms with Crippen molar-refractivity contribution in [3.63, 3.8) is 0 Å². The summed E-state index contributed by atoms with van der Waals surface area (Å²) in [6.45, 7) is 4.82. The number of fused-ring (bicyclic) bond motifs is 1. The topological polar surface area (TPSA) is 121 Å². The summed E-state index contributed by atoms with van der Waals surface area (Å²) in [7, 11) is -3.94. The lowest BCUT2D eigenvalue weighted by molar-refractivity contribution is -0.155. The van der Waals surface area contributed by atoms with Gasteiger partial charge in [0.25, 0.3) is 5.56 Å². The minimum Gasteiger partial charge on any atom is -0.459 e. The first kappa shape index (κ1) is 17.1. The number of hydrogen-bond donors (Lipinski definition) is 1. The Balaban J connectivity index is 2.45. The largest absolute Gasteiger partial charge is 0.459 e. The van der Waals surface area contributed by atoms with Gasteiger partial charge in [0.05, 0.1) is 22.1 Å². The SMILES string of the molecule is CC(C)(C)OC(=O)Cn1cnc2ccc(S(N)(=O)=O)cc2c1=O. The zero-order chi connectivity index (χ0) is 17.4. The fourth-order valence-electron chi connectivity index (χ4n) is 1.94. The van der Waals surface area contributed by atoms with Gasteiger partial charge in [-0.15, -0.1) is 0 Å². The van der Waals surface area contributed by atoms with Crippen LogP contribution in [0.3, 0.4) is 0 Å². The van der Waals surface area contributed by atoms with E-state index < -0.39 is 27.2 Å². The minimum absolute atomic E-state index is 0.0579. The Morgan fingerprint density at radius 2 is 2.00 bits per heavy atom. The number of nitrogens with zero attached hydrogens (tertiary/aromatic N) is 2. The lowest BCUT2D eigenvalue weighted by Crippen LogP contribution is -2.30. The number of nitrogens with two attached hydrogens (primary N) is 1. The van der Waals surface area contributed by atoms with Crippen LogP contribution in [0.2, 0.25) is 0 Å². The van der Waals surface area contributed by atoms with Gasteiger partial charge < -0.3 is 4.74 Å². The molecule has 8 nitrogen and oxygen atoms in total. The monoisotopic (exact) mass is 339 g/mol. The summed E-state index contributed by atoms with van der Waals surface area (Å²) in [5.74, 6) is -0.594. The Kier molecular flexibility index (Phi) is 4.27. The van der Waals surface area contributed by atoms with Gasteiger partial charge in [0.2, 0.25) is 10.0 Å². The highest BCUT2D eigenvalue weighted by molar-refractivity contribution is 7.89. The Hall–Kier alpha value is -2.26. The van der Waals surface area contributed by atoms with Crippen LogP contribution in [0.5, 0.6) is 0 Å². The highest BCUT2D eigenvalue weighted by Crippen LogP contribution is 2.13. The number of hydrogen-bond acceptors (Lipinski definition) is 6. The van der Waals surface area contributed by atoms with Gasteiger partial charge in [0.1, 0.15) is 12.1 Å². The van der Waals surface area contributed by atoms with Crippen molar-refractivity contribution in [1.29, 1.82) is 0 Å². The summed E-state index contributed by atoms with van der Waals surface area (Å²) in [6, 6.07) is 3.79. The third kappa shape index (κ3) is 4.14. The van der Waals surface area contributed by atoms with Crippen LogP contribution in [-0.2, 0) is 26.1 Å². The Morgan fingerprint density at radius 3 is 2.57 bits per heavy atom. The van der Waals surface area contributed by atoms with Gasteiger partial charge in [-0.2, -0.15) is 0 Å². The first-order valence-electron chi connectivity index (χ1n) is 6.71. The fraction of sp³-hybridized carbons (Fsp3) is 0.357. The van der Waals surface area contributed by atoms with Gasteiger partial charge in [0, 0.05) is 0 Å². The highest BCUT2D eigenvalue weighted by atomic mass is 32.2. The molecule has 9 heteroatoms. The van der Waals surface area contributed by atoms with E-state index >= 15 is 0 Å². The summed E-state index contributed by atoms with van der Waals surface area (Å²) in [4.78, 5) is 28.0. The molecule has 2 rings (SSSR count). The number of primary sulfonamides is 1. The zero-order valence-electron chi connectivity index (χ0n) is 12.9. The molecule has 0 bridgehead atoms. The molecule has 0 atom stereocenters. The van der Waals surface area contributed by atoms with Crippen molar-refractivity contribution in [2.75, 3.05) is 0 Å². The minimum atomic E-state index is -3.94. The standard InChI is InChI=1S/C14H17N3O5S/c1-14(2,3)22-12(18)7-17-8-16-11-5-4-9(23(15,20)21)6-10(11)13(17)19/h4-6,8H,7H2,1-3H3,(H2,15,20,21). The Bertz CT molecular complexity index is 926. The smallest absolute Gasteiger partial charge is 0.326 e. The third-order valence-corrected chi connectivity index (χ3v) is 3.75. The van der Waals surface area contributed by atoms with E-state index in [-0.39, 0.29) is 16.8 Å². The molecule has 0 saturated heterocycles. The van der Waals surface area contributed by atoms with Gasteiger partial charge in [-0.25, -0.2) is 18.5 Å². The van der Waals surface area contributed by atoms with Crippen LogP contribution in [0.1, 0.15) is 20.8 Å². The van der Waals surface area contributed by atoms with E-state index in [4.69, 9.17) is 9.88 Å². The van der Waals surface area contributed by atoms with Gasteiger partial charge in [0.15, 0.2) is 0 Å². The predicted molar refractivity (Wildman–Crippen MR) is 83.2 cm³/mol. The Labute approximate surface area is 132 Å². The van der Waals surface area contributed by atoms with E-state index in [2.05, 4.69) is 4.98 Å². The molecule has 124 valence electrons. The molecule has 0 amide bonds. The molecule has 1 heterocycles. The molecule has 0 radical (unpaired) electrons. The van der Waals surface area contributed by atoms with Crippen molar-refractivity contribution in [2.45, 2.75) is 37.8 Å². The van der Waals surface area contributed by atoms with Gasteiger partial charge in [-0.3, -0.25) is 14.2 Å². The van der Waals surface area contributed by atoms with E-state index in [0.717, 1.165) is 10.6 Å². The molecule has 0 fully saturated rings. The number of carbonyl (C=O) groups is 1. The van der Waals surface area contributed by atoms with Gasteiger partial charge in [-0.1, -0.05) is 0 Å². The second kappa shape index (κ2) is 5.74. The lowest BCUT2D eigenvalue weighted by Gasteiger charge is -2.19. The highest BCUT2D eigenvalue weighted by Gasteiger charge is 2.18. The molecule has 0 aliphatic heterocycles. The number of aromatic nitrogens is 2. The molecule has 1 aromatic carbocycles. The molecule has 0 unspecified atom stereocenters. The maximum absolute atomic E-state index is 12.4.